The Hall–Kier alpha value is -1.95. The van der Waals surface area contributed by atoms with Crippen molar-refractivity contribution < 1.29 is 19.4 Å². The number of alkyl halides is 1. The highest BCUT2D eigenvalue weighted by atomic mass is 127. The second-order valence-corrected chi connectivity index (χ2v) is 10.7. The summed E-state index contributed by atoms with van der Waals surface area (Å²) in [6, 6.07) is 15.9. The minimum atomic E-state index is -0.539. The quantitative estimate of drug-likeness (QED) is 0.338. The number of rotatable bonds is 7. The Balaban J connectivity index is 1.05. The van der Waals surface area contributed by atoms with Crippen LogP contribution in [0.3, 0.4) is 0 Å². The lowest BCUT2D eigenvalue weighted by atomic mass is 10.0. The van der Waals surface area contributed by atoms with Crippen molar-refractivity contribution in [1.82, 2.24) is 14.8 Å². The van der Waals surface area contributed by atoms with E-state index in [4.69, 9.17) is 9.47 Å². The molecule has 2 aliphatic rings. The van der Waals surface area contributed by atoms with E-state index in [0.717, 1.165) is 54.2 Å². The number of para-hydroxylation sites is 1. The first-order chi connectivity index (χ1) is 16.1. The van der Waals surface area contributed by atoms with Gasteiger partial charge in [0.05, 0.1) is 16.3 Å². The number of aliphatic hydroxyl groups excluding tert-OH is 1. The number of β-amino-alcohol motifs (C(OH)–C–C–N with tert-alkyl or cyclic N) is 1. The number of halogens is 1. The average Bonchev–Trinajstić information content (AvgIpc) is 3.36. The molecule has 33 heavy (non-hydrogen) atoms. The molecule has 0 bridgehead atoms. The maximum absolute atomic E-state index is 12.3. The van der Waals surface area contributed by atoms with Crippen LogP contribution in [-0.2, 0) is 4.79 Å². The predicted molar refractivity (Wildman–Crippen MR) is 137 cm³/mol. The van der Waals surface area contributed by atoms with E-state index in [1.165, 1.54) is 11.3 Å². The van der Waals surface area contributed by atoms with Gasteiger partial charge in [0.2, 0.25) is 5.91 Å². The molecule has 3 aromatic rings. The van der Waals surface area contributed by atoms with Gasteiger partial charge in [-0.25, -0.2) is 4.98 Å². The van der Waals surface area contributed by atoms with Crippen LogP contribution in [0.2, 0.25) is 0 Å². The maximum atomic E-state index is 12.3. The SMILES string of the molecule is O=C1C(I)C(O)CN1C1CCN(CCOc2ccc(Oc3nc4ccccc4s3)cc2)CC1. The van der Waals surface area contributed by atoms with Crippen LogP contribution in [0, 0.1) is 0 Å². The largest absolute Gasteiger partial charge is 0.492 e. The van der Waals surface area contributed by atoms with Gasteiger partial charge >= 0.3 is 0 Å². The zero-order valence-electron chi connectivity index (χ0n) is 18.1. The zero-order valence-corrected chi connectivity index (χ0v) is 21.1. The van der Waals surface area contributed by atoms with Crippen LogP contribution < -0.4 is 9.47 Å². The fraction of sp³-hybridized carbons (Fsp3) is 0.417. The van der Waals surface area contributed by atoms with Gasteiger partial charge in [-0.1, -0.05) is 46.1 Å². The number of fused-ring (bicyclic) bond motifs is 1. The molecule has 2 saturated heterocycles. The summed E-state index contributed by atoms with van der Waals surface area (Å²) in [6.45, 7) is 3.81. The van der Waals surface area contributed by atoms with Gasteiger partial charge in [-0.2, -0.15) is 0 Å². The molecule has 3 heterocycles. The van der Waals surface area contributed by atoms with Crippen LogP contribution in [0.15, 0.2) is 48.5 Å². The Morgan fingerprint density at radius 3 is 2.52 bits per heavy atom. The van der Waals surface area contributed by atoms with Crippen LogP contribution in [0.1, 0.15) is 12.8 Å². The number of benzene rings is 2. The number of amides is 1. The lowest BCUT2D eigenvalue weighted by Crippen LogP contribution is -2.46. The topological polar surface area (TPSA) is 75.1 Å². The van der Waals surface area contributed by atoms with E-state index in [0.29, 0.717) is 18.3 Å². The molecule has 2 fully saturated rings. The van der Waals surface area contributed by atoms with Gasteiger partial charge in [-0.15, -0.1) is 0 Å². The average molecular weight is 579 g/mol. The summed E-state index contributed by atoms with van der Waals surface area (Å²) >= 11 is 3.58. The van der Waals surface area contributed by atoms with Crippen LogP contribution in [-0.4, -0.2) is 74.7 Å². The third kappa shape index (κ3) is 5.26. The van der Waals surface area contributed by atoms with E-state index in [9.17, 15) is 9.90 Å². The monoisotopic (exact) mass is 579 g/mol. The Morgan fingerprint density at radius 1 is 1.09 bits per heavy atom. The predicted octanol–water partition coefficient (Wildman–Crippen LogP) is 3.94. The second kappa shape index (κ2) is 10.1. The second-order valence-electron chi connectivity index (χ2n) is 8.40. The summed E-state index contributed by atoms with van der Waals surface area (Å²) in [7, 11) is 0. The molecule has 1 amide bonds. The lowest BCUT2D eigenvalue weighted by molar-refractivity contribution is -0.129. The number of hydrogen-bond acceptors (Lipinski definition) is 7. The fourth-order valence-corrected chi connectivity index (χ4v) is 5.80. The molecule has 7 nitrogen and oxygen atoms in total. The Morgan fingerprint density at radius 2 is 1.82 bits per heavy atom. The van der Waals surface area contributed by atoms with Crippen molar-refractivity contribution in [1.29, 1.82) is 0 Å². The summed E-state index contributed by atoms with van der Waals surface area (Å²) < 4.78 is 12.6. The number of likely N-dealkylation sites (tertiary alicyclic amines) is 2. The van der Waals surface area contributed by atoms with Crippen LogP contribution >= 0.6 is 33.9 Å². The molecule has 2 aromatic carbocycles. The van der Waals surface area contributed by atoms with Crippen molar-refractivity contribution in [2.45, 2.75) is 28.9 Å². The lowest BCUT2D eigenvalue weighted by Gasteiger charge is -2.36. The first-order valence-corrected chi connectivity index (χ1v) is 13.2. The Bertz CT molecular complexity index is 1070. The summed E-state index contributed by atoms with van der Waals surface area (Å²) in [5.41, 5.74) is 0.945. The van der Waals surface area contributed by atoms with Gasteiger partial charge in [-0.3, -0.25) is 9.69 Å². The van der Waals surface area contributed by atoms with Crippen molar-refractivity contribution in [2.75, 3.05) is 32.8 Å². The first-order valence-electron chi connectivity index (χ1n) is 11.2. The van der Waals surface area contributed by atoms with E-state index in [1.807, 2.05) is 53.4 Å². The molecule has 2 unspecified atom stereocenters. The van der Waals surface area contributed by atoms with E-state index in [1.54, 1.807) is 0 Å². The number of piperidine rings is 1. The van der Waals surface area contributed by atoms with E-state index < -0.39 is 6.10 Å². The highest BCUT2D eigenvalue weighted by Gasteiger charge is 2.41. The number of carbonyl (C=O) groups is 1. The minimum Gasteiger partial charge on any atom is -0.492 e. The fourth-order valence-electron chi connectivity index (χ4n) is 4.38. The van der Waals surface area contributed by atoms with Crippen molar-refractivity contribution in [2.24, 2.45) is 0 Å². The van der Waals surface area contributed by atoms with E-state index >= 15 is 0 Å². The summed E-state index contributed by atoms with van der Waals surface area (Å²) in [5, 5.41) is 10.6. The number of hydrogen-bond donors (Lipinski definition) is 1. The molecule has 0 aliphatic carbocycles. The molecule has 1 N–H and O–H groups in total. The summed E-state index contributed by atoms with van der Waals surface area (Å²) in [6.07, 6.45) is 1.35. The molecule has 0 spiro atoms. The molecule has 1 aromatic heterocycles. The summed E-state index contributed by atoms with van der Waals surface area (Å²) in [5.74, 6) is 1.63. The third-order valence-corrected chi connectivity index (χ3v) is 8.50. The van der Waals surface area contributed by atoms with Crippen molar-refractivity contribution in [3.8, 4) is 16.7 Å². The highest BCUT2D eigenvalue weighted by molar-refractivity contribution is 14.1. The van der Waals surface area contributed by atoms with Gasteiger partial charge in [0.1, 0.15) is 22.0 Å². The zero-order chi connectivity index (χ0) is 22.8. The molecule has 0 saturated carbocycles. The molecule has 2 atom stereocenters. The normalized spacial score (nSPS) is 22.2. The number of aromatic nitrogens is 1. The van der Waals surface area contributed by atoms with E-state index in [2.05, 4.69) is 32.5 Å². The number of thiazole rings is 1. The Labute approximate surface area is 210 Å². The van der Waals surface area contributed by atoms with Crippen LogP contribution in [0.5, 0.6) is 16.7 Å². The molecule has 2 aliphatic heterocycles. The molecule has 174 valence electrons. The van der Waals surface area contributed by atoms with Gasteiger partial charge in [-0.05, 0) is 49.2 Å². The Kier molecular flexibility index (Phi) is 7.00. The number of carbonyl (C=O) groups excluding carboxylic acids is 1. The van der Waals surface area contributed by atoms with Gasteiger partial charge < -0.3 is 19.5 Å². The molecule has 5 rings (SSSR count). The standard InChI is InChI=1S/C24H26IN3O4S/c25-22-20(29)15-28(23(22)30)16-9-11-27(12-10-16)13-14-31-17-5-7-18(8-6-17)32-24-26-19-3-1-2-4-21(19)33-24/h1-8,16,20,22,29H,9-15H2. The molecule has 9 heteroatoms. The highest BCUT2D eigenvalue weighted by Crippen LogP contribution is 2.32. The van der Waals surface area contributed by atoms with Gasteiger partial charge in [0.15, 0.2) is 0 Å². The summed E-state index contributed by atoms with van der Waals surface area (Å²) in [4.78, 5) is 21.1. The number of aliphatic hydroxyl groups is 1. The maximum Gasteiger partial charge on any atom is 0.279 e. The van der Waals surface area contributed by atoms with Gasteiger partial charge in [0, 0.05) is 32.2 Å². The van der Waals surface area contributed by atoms with Crippen LogP contribution in [0.4, 0.5) is 0 Å². The first kappa shape index (κ1) is 22.8. The van der Waals surface area contributed by atoms with Crippen molar-refractivity contribution >= 4 is 50.1 Å². The van der Waals surface area contributed by atoms with E-state index in [-0.39, 0.29) is 15.9 Å². The van der Waals surface area contributed by atoms with Crippen LogP contribution in [0.25, 0.3) is 10.2 Å². The van der Waals surface area contributed by atoms with Gasteiger partial charge in [0.25, 0.3) is 5.19 Å². The van der Waals surface area contributed by atoms with Crippen molar-refractivity contribution in [3.05, 3.63) is 48.5 Å². The molecular formula is C24H26IN3O4S. The third-order valence-electron chi connectivity index (χ3n) is 6.22. The van der Waals surface area contributed by atoms with Crippen molar-refractivity contribution in [3.63, 3.8) is 0 Å². The molecule has 0 radical (unpaired) electrons. The molecular weight excluding hydrogens is 553 g/mol. The number of ether oxygens (including phenoxy) is 2. The smallest absolute Gasteiger partial charge is 0.279 e. The minimum absolute atomic E-state index is 0.0837. The number of nitrogens with zero attached hydrogens (tertiary/aromatic N) is 3.